The smallest absolute Gasteiger partial charge is 0.313 e. The van der Waals surface area contributed by atoms with Crippen LogP contribution in [0.25, 0.3) is 0 Å². The van der Waals surface area contributed by atoms with E-state index in [4.69, 9.17) is 0 Å². The molecule has 0 saturated carbocycles. The Kier molecular flexibility index (Phi) is 6.92. The highest BCUT2D eigenvalue weighted by atomic mass is 32.3. The number of rotatable bonds is 4. The molecule has 1 N–H and O–H groups in total. The SMILES string of the molecule is CC.CCNCc1ccc(S(=O)(=O)F)cc1. The average Bonchev–Trinajstić information content (AvgIpc) is 2.28. The van der Waals surface area contributed by atoms with E-state index >= 15 is 0 Å². The van der Waals surface area contributed by atoms with Gasteiger partial charge in [-0.05, 0) is 24.2 Å². The zero-order valence-electron chi connectivity index (χ0n) is 9.83. The van der Waals surface area contributed by atoms with Crippen LogP contribution in [0.4, 0.5) is 3.89 Å². The maximum Gasteiger partial charge on any atom is 0.332 e. The van der Waals surface area contributed by atoms with Crippen molar-refractivity contribution in [2.24, 2.45) is 0 Å². The lowest BCUT2D eigenvalue weighted by atomic mass is 10.2. The van der Waals surface area contributed by atoms with Gasteiger partial charge in [-0.1, -0.05) is 32.9 Å². The Morgan fingerprint density at radius 2 is 1.69 bits per heavy atom. The van der Waals surface area contributed by atoms with Crippen LogP contribution in [0.15, 0.2) is 29.2 Å². The molecule has 0 atom stereocenters. The van der Waals surface area contributed by atoms with Crippen molar-refractivity contribution in [2.75, 3.05) is 6.54 Å². The van der Waals surface area contributed by atoms with Gasteiger partial charge < -0.3 is 5.32 Å². The number of hydrogen-bond acceptors (Lipinski definition) is 3. The fourth-order valence-corrected chi connectivity index (χ4v) is 1.50. The lowest BCUT2D eigenvalue weighted by Crippen LogP contribution is -2.11. The second kappa shape index (κ2) is 7.35. The lowest BCUT2D eigenvalue weighted by molar-refractivity contribution is 0.552. The summed E-state index contributed by atoms with van der Waals surface area (Å²) in [7, 11) is -4.56. The Morgan fingerprint density at radius 1 is 1.19 bits per heavy atom. The van der Waals surface area contributed by atoms with Crippen LogP contribution in [0, 0.1) is 0 Å². The van der Waals surface area contributed by atoms with Gasteiger partial charge in [-0.15, -0.1) is 3.89 Å². The molecule has 0 aliphatic rings. The summed E-state index contributed by atoms with van der Waals surface area (Å²) >= 11 is 0. The summed E-state index contributed by atoms with van der Waals surface area (Å²) in [6.07, 6.45) is 0. The molecular weight excluding hydrogens is 229 g/mol. The first kappa shape index (κ1) is 15.1. The predicted octanol–water partition coefficient (Wildman–Crippen LogP) is 2.48. The maximum atomic E-state index is 12.5. The van der Waals surface area contributed by atoms with E-state index in [1.165, 1.54) is 12.1 Å². The molecule has 0 heterocycles. The monoisotopic (exact) mass is 247 g/mol. The van der Waals surface area contributed by atoms with E-state index in [9.17, 15) is 12.3 Å². The number of hydrogen-bond donors (Lipinski definition) is 1. The first-order valence-corrected chi connectivity index (χ1v) is 6.66. The summed E-state index contributed by atoms with van der Waals surface area (Å²) in [5.41, 5.74) is 0.930. The molecule has 0 unspecified atom stereocenters. The Balaban J connectivity index is 0.00000106. The third-order valence-electron chi connectivity index (χ3n) is 1.78. The van der Waals surface area contributed by atoms with Gasteiger partial charge in [0.05, 0.1) is 4.90 Å². The van der Waals surface area contributed by atoms with E-state index in [1.807, 2.05) is 20.8 Å². The fourth-order valence-electron chi connectivity index (χ4n) is 1.04. The van der Waals surface area contributed by atoms with Gasteiger partial charge in [0.25, 0.3) is 0 Å². The molecule has 0 saturated heterocycles. The van der Waals surface area contributed by atoms with Crippen molar-refractivity contribution in [1.29, 1.82) is 0 Å². The molecule has 0 amide bonds. The molecule has 5 heteroatoms. The standard InChI is InChI=1S/C9H12FNO2S.C2H6/c1-2-11-7-8-3-5-9(6-4-8)14(10,12)13;1-2/h3-6,11H,2,7H2,1H3;1-2H3. The third-order valence-corrected chi connectivity index (χ3v) is 2.62. The first-order chi connectivity index (χ1) is 7.54. The van der Waals surface area contributed by atoms with Crippen LogP contribution < -0.4 is 5.32 Å². The van der Waals surface area contributed by atoms with Gasteiger partial charge in [-0.25, -0.2) is 0 Å². The normalized spacial score (nSPS) is 10.5. The Labute approximate surface area is 96.9 Å². The Bertz CT molecular complexity index is 387. The maximum absolute atomic E-state index is 12.5. The Morgan fingerprint density at radius 3 is 2.06 bits per heavy atom. The van der Waals surface area contributed by atoms with Gasteiger partial charge in [0.2, 0.25) is 0 Å². The molecule has 1 rings (SSSR count). The highest BCUT2D eigenvalue weighted by molar-refractivity contribution is 7.86. The number of halogens is 1. The zero-order valence-corrected chi connectivity index (χ0v) is 10.6. The van der Waals surface area contributed by atoms with E-state index in [2.05, 4.69) is 5.32 Å². The second-order valence-electron chi connectivity index (χ2n) is 2.86. The quantitative estimate of drug-likeness (QED) is 0.831. The lowest BCUT2D eigenvalue weighted by Gasteiger charge is -2.01. The molecule has 92 valence electrons. The molecule has 0 aromatic heterocycles. The summed E-state index contributed by atoms with van der Waals surface area (Å²) in [4.78, 5) is -0.294. The van der Waals surface area contributed by atoms with Crippen LogP contribution in [0.1, 0.15) is 26.3 Å². The van der Waals surface area contributed by atoms with Crippen LogP contribution in [0.2, 0.25) is 0 Å². The van der Waals surface area contributed by atoms with Gasteiger partial charge >= 0.3 is 10.2 Å². The molecule has 0 radical (unpaired) electrons. The molecule has 0 aliphatic carbocycles. The third kappa shape index (κ3) is 5.23. The first-order valence-electron chi connectivity index (χ1n) is 5.28. The van der Waals surface area contributed by atoms with Crippen molar-refractivity contribution < 1.29 is 12.3 Å². The molecular formula is C11H18FNO2S. The molecule has 16 heavy (non-hydrogen) atoms. The highest BCUT2D eigenvalue weighted by Gasteiger charge is 2.10. The highest BCUT2D eigenvalue weighted by Crippen LogP contribution is 2.12. The molecule has 0 bridgehead atoms. The average molecular weight is 247 g/mol. The topological polar surface area (TPSA) is 46.2 Å². The van der Waals surface area contributed by atoms with E-state index in [0.717, 1.165) is 12.1 Å². The number of benzene rings is 1. The largest absolute Gasteiger partial charge is 0.332 e. The van der Waals surface area contributed by atoms with Crippen molar-refractivity contribution in [3.05, 3.63) is 29.8 Å². The molecule has 0 aliphatic heterocycles. The van der Waals surface area contributed by atoms with Gasteiger partial charge in [0, 0.05) is 6.54 Å². The van der Waals surface area contributed by atoms with E-state index in [-0.39, 0.29) is 4.90 Å². The predicted molar refractivity (Wildman–Crippen MR) is 63.5 cm³/mol. The van der Waals surface area contributed by atoms with E-state index in [0.29, 0.717) is 6.54 Å². The van der Waals surface area contributed by atoms with Crippen LogP contribution in [0.3, 0.4) is 0 Å². The minimum absolute atomic E-state index is 0.294. The minimum atomic E-state index is -4.56. The number of nitrogens with one attached hydrogen (secondary N) is 1. The van der Waals surface area contributed by atoms with E-state index < -0.39 is 10.2 Å². The summed E-state index contributed by atoms with van der Waals surface area (Å²) in [6.45, 7) is 7.46. The van der Waals surface area contributed by atoms with Crippen molar-refractivity contribution in [1.82, 2.24) is 5.32 Å². The second-order valence-corrected chi connectivity index (χ2v) is 4.21. The summed E-state index contributed by atoms with van der Waals surface area (Å²) in [5.74, 6) is 0. The molecule has 0 fully saturated rings. The summed E-state index contributed by atoms with van der Waals surface area (Å²) in [5, 5.41) is 3.08. The van der Waals surface area contributed by atoms with E-state index in [1.54, 1.807) is 12.1 Å². The molecule has 1 aromatic carbocycles. The molecule has 3 nitrogen and oxygen atoms in total. The summed E-state index contributed by atoms with van der Waals surface area (Å²) in [6, 6.07) is 5.72. The molecule has 1 aromatic rings. The van der Waals surface area contributed by atoms with Gasteiger partial charge in [-0.3, -0.25) is 0 Å². The van der Waals surface area contributed by atoms with Crippen molar-refractivity contribution in [2.45, 2.75) is 32.2 Å². The minimum Gasteiger partial charge on any atom is -0.313 e. The summed E-state index contributed by atoms with van der Waals surface area (Å²) < 4.78 is 33.4. The van der Waals surface area contributed by atoms with Gasteiger partial charge in [0.1, 0.15) is 0 Å². The van der Waals surface area contributed by atoms with Crippen molar-refractivity contribution >= 4 is 10.2 Å². The van der Waals surface area contributed by atoms with Crippen LogP contribution in [-0.2, 0) is 16.8 Å². The van der Waals surface area contributed by atoms with Crippen LogP contribution in [0.5, 0.6) is 0 Å². The molecule has 0 spiro atoms. The van der Waals surface area contributed by atoms with Crippen molar-refractivity contribution in [3.8, 4) is 0 Å². The van der Waals surface area contributed by atoms with Crippen LogP contribution in [-0.4, -0.2) is 15.0 Å². The van der Waals surface area contributed by atoms with Crippen molar-refractivity contribution in [3.63, 3.8) is 0 Å². The fraction of sp³-hybridized carbons (Fsp3) is 0.455. The Hall–Kier alpha value is -0.940. The van der Waals surface area contributed by atoms with Gasteiger partial charge in [0.15, 0.2) is 0 Å². The zero-order chi connectivity index (χ0) is 12.6. The van der Waals surface area contributed by atoms with Gasteiger partial charge in [-0.2, -0.15) is 8.42 Å². The van der Waals surface area contributed by atoms with Crippen LogP contribution >= 0.6 is 0 Å².